The Morgan fingerprint density at radius 2 is 2.29 bits per heavy atom. The smallest absolute Gasteiger partial charge is 0.312 e. The number of carbonyl (C=O) groups is 2. The summed E-state index contributed by atoms with van der Waals surface area (Å²) in [6.45, 7) is 0. The largest absolute Gasteiger partial charge is 0.481 e. The lowest BCUT2D eigenvalue weighted by Crippen LogP contribution is -2.16. The molecule has 0 atom stereocenters. The van der Waals surface area contributed by atoms with Gasteiger partial charge in [-0.3, -0.25) is 9.59 Å². The molecular formula is C8H7ClN2O3. The summed E-state index contributed by atoms with van der Waals surface area (Å²) in [5, 5.41) is 11.0. The molecule has 1 aromatic heterocycles. The van der Waals surface area contributed by atoms with E-state index >= 15 is 0 Å². The topological polar surface area (TPSA) is 79.3 Å². The van der Waals surface area contributed by atoms with E-state index in [9.17, 15) is 9.59 Å². The van der Waals surface area contributed by atoms with Crippen LogP contribution in [0.3, 0.4) is 0 Å². The maximum Gasteiger partial charge on any atom is 0.312 e. The summed E-state index contributed by atoms with van der Waals surface area (Å²) in [6, 6.07) is 2.98. The fraction of sp³-hybridized carbons (Fsp3) is 0.125. The van der Waals surface area contributed by atoms with Crippen molar-refractivity contribution in [3.05, 3.63) is 23.4 Å². The third-order valence-electron chi connectivity index (χ3n) is 1.30. The number of pyridine rings is 1. The van der Waals surface area contributed by atoms with Crippen molar-refractivity contribution in [2.45, 2.75) is 6.42 Å². The van der Waals surface area contributed by atoms with E-state index in [0.717, 1.165) is 0 Å². The number of hydrogen-bond acceptors (Lipinski definition) is 3. The lowest BCUT2D eigenvalue weighted by Gasteiger charge is -2.01. The first-order valence-electron chi connectivity index (χ1n) is 3.71. The summed E-state index contributed by atoms with van der Waals surface area (Å²) in [7, 11) is 0. The average Bonchev–Trinajstić information content (AvgIpc) is 2.01. The second-order valence-corrected chi connectivity index (χ2v) is 2.91. The molecule has 1 heterocycles. The van der Waals surface area contributed by atoms with Gasteiger partial charge in [0.15, 0.2) is 0 Å². The lowest BCUT2D eigenvalue weighted by molar-refractivity contribution is -0.139. The van der Waals surface area contributed by atoms with Gasteiger partial charge in [0.1, 0.15) is 12.2 Å². The summed E-state index contributed by atoms with van der Waals surface area (Å²) in [4.78, 5) is 24.9. The highest BCUT2D eigenvalue weighted by Gasteiger charge is 2.08. The first-order chi connectivity index (χ1) is 6.58. The van der Waals surface area contributed by atoms with Gasteiger partial charge in [-0.15, -0.1) is 0 Å². The fourth-order valence-electron chi connectivity index (χ4n) is 0.798. The summed E-state index contributed by atoms with van der Waals surface area (Å²) in [6.07, 6.45) is 0.826. The Kier molecular flexibility index (Phi) is 3.41. The molecule has 0 fully saturated rings. The SMILES string of the molecule is O=C(O)CC(=O)Nc1cc(Cl)ccn1. The van der Waals surface area contributed by atoms with Crippen molar-refractivity contribution in [1.82, 2.24) is 4.98 Å². The molecular weight excluding hydrogens is 208 g/mol. The maximum absolute atomic E-state index is 11.0. The molecule has 0 radical (unpaired) electrons. The Morgan fingerprint density at radius 1 is 1.57 bits per heavy atom. The predicted molar refractivity (Wildman–Crippen MR) is 50.1 cm³/mol. The van der Waals surface area contributed by atoms with E-state index in [-0.39, 0.29) is 5.82 Å². The quantitative estimate of drug-likeness (QED) is 0.740. The molecule has 2 N–H and O–H groups in total. The summed E-state index contributed by atoms with van der Waals surface area (Å²) >= 11 is 5.63. The van der Waals surface area contributed by atoms with Crippen LogP contribution in [0.15, 0.2) is 18.3 Å². The number of nitrogens with zero attached hydrogens (tertiary/aromatic N) is 1. The van der Waals surface area contributed by atoms with Crippen molar-refractivity contribution >= 4 is 29.3 Å². The van der Waals surface area contributed by atoms with Gasteiger partial charge in [0.2, 0.25) is 5.91 Å². The molecule has 0 saturated carbocycles. The van der Waals surface area contributed by atoms with E-state index in [0.29, 0.717) is 5.02 Å². The number of nitrogens with one attached hydrogen (secondary N) is 1. The highest BCUT2D eigenvalue weighted by Crippen LogP contribution is 2.11. The molecule has 14 heavy (non-hydrogen) atoms. The highest BCUT2D eigenvalue weighted by atomic mass is 35.5. The Morgan fingerprint density at radius 3 is 2.86 bits per heavy atom. The van der Waals surface area contributed by atoms with Gasteiger partial charge in [-0.05, 0) is 12.1 Å². The number of carboxylic acid groups (broad SMARTS) is 1. The molecule has 0 bridgehead atoms. The monoisotopic (exact) mass is 214 g/mol. The van der Waals surface area contributed by atoms with Gasteiger partial charge >= 0.3 is 5.97 Å². The van der Waals surface area contributed by atoms with Gasteiger partial charge < -0.3 is 10.4 Å². The zero-order chi connectivity index (χ0) is 10.6. The van der Waals surface area contributed by atoms with Crippen molar-refractivity contribution in [3.8, 4) is 0 Å². The number of aromatic nitrogens is 1. The van der Waals surface area contributed by atoms with Crippen LogP contribution in [0, 0.1) is 0 Å². The predicted octanol–water partition coefficient (Wildman–Crippen LogP) is 1.15. The van der Waals surface area contributed by atoms with Crippen LogP contribution in [-0.4, -0.2) is 22.0 Å². The molecule has 0 spiro atoms. The standard InChI is InChI=1S/C8H7ClN2O3/c9-5-1-2-10-6(3-5)11-7(12)4-8(13)14/h1-3H,4H2,(H,13,14)(H,10,11,12). The van der Waals surface area contributed by atoms with Crippen molar-refractivity contribution in [2.24, 2.45) is 0 Å². The van der Waals surface area contributed by atoms with E-state index in [1.807, 2.05) is 0 Å². The number of anilines is 1. The van der Waals surface area contributed by atoms with E-state index in [1.54, 1.807) is 6.07 Å². The Labute approximate surface area is 84.7 Å². The average molecular weight is 215 g/mol. The Bertz CT molecular complexity index is 367. The first kappa shape index (κ1) is 10.5. The van der Waals surface area contributed by atoms with E-state index in [4.69, 9.17) is 16.7 Å². The summed E-state index contributed by atoms with van der Waals surface area (Å²) in [5.41, 5.74) is 0. The molecule has 0 aromatic carbocycles. The molecule has 0 aliphatic carbocycles. The van der Waals surface area contributed by atoms with Crippen LogP contribution >= 0.6 is 11.6 Å². The van der Waals surface area contributed by atoms with Crippen molar-refractivity contribution < 1.29 is 14.7 Å². The number of hydrogen-bond donors (Lipinski definition) is 2. The van der Waals surface area contributed by atoms with E-state index in [2.05, 4.69) is 10.3 Å². The number of rotatable bonds is 3. The van der Waals surface area contributed by atoms with Gasteiger partial charge in [-0.2, -0.15) is 0 Å². The van der Waals surface area contributed by atoms with Crippen molar-refractivity contribution in [2.75, 3.05) is 5.32 Å². The van der Waals surface area contributed by atoms with Gasteiger partial charge in [0, 0.05) is 11.2 Å². The van der Waals surface area contributed by atoms with Gasteiger partial charge in [-0.1, -0.05) is 11.6 Å². The zero-order valence-corrected chi connectivity index (χ0v) is 7.78. The van der Waals surface area contributed by atoms with E-state index < -0.39 is 18.3 Å². The minimum Gasteiger partial charge on any atom is -0.481 e. The fourth-order valence-corrected chi connectivity index (χ4v) is 0.957. The normalized spacial score (nSPS) is 9.50. The molecule has 0 aliphatic heterocycles. The second kappa shape index (κ2) is 4.57. The number of carbonyl (C=O) groups excluding carboxylic acids is 1. The second-order valence-electron chi connectivity index (χ2n) is 2.48. The van der Waals surface area contributed by atoms with Gasteiger partial charge in [0.25, 0.3) is 0 Å². The molecule has 0 saturated heterocycles. The van der Waals surface area contributed by atoms with Crippen LogP contribution in [-0.2, 0) is 9.59 Å². The first-order valence-corrected chi connectivity index (χ1v) is 4.09. The third kappa shape index (κ3) is 3.40. The van der Waals surface area contributed by atoms with Crippen molar-refractivity contribution in [1.29, 1.82) is 0 Å². The summed E-state index contributed by atoms with van der Waals surface area (Å²) < 4.78 is 0. The van der Waals surface area contributed by atoms with E-state index in [1.165, 1.54) is 12.3 Å². The van der Waals surface area contributed by atoms with Crippen LogP contribution in [0.25, 0.3) is 0 Å². The summed E-state index contributed by atoms with van der Waals surface area (Å²) in [5.74, 6) is -1.58. The van der Waals surface area contributed by atoms with Crippen molar-refractivity contribution in [3.63, 3.8) is 0 Å². The number of halogens is 1. The minimum atomic E-state index is -1.19. The van der Waals surface area contributed by atoms with Crippen LogP contribution in [0.2, 0.25) is 5.02 Å². The molecule has 6 heteroatoms. The molecule has 74 valence electrons. The molecule has 1 amide bonds. The zero-order valence-electron chi connectivity index (χ0n) is 7.03. The molecule has 1 rings (SSSR count). The molecule has 1 aromatic rings. The molecule has 0 aliphatic rings. The molecule has 5 nitrogen and oxygen atoms in total. The number of amides is 1. The van der Waals surface area contributed by atoms with Crippen LogP contribution in [0.5, 0.6) is 0 Å². The maximum atomic E-state index is 11.0. The highest BCUT2D eigenvalue weighted by molar-refractivity contribution is 6.30. The Hall–Kier alpha value is -1.62. The Balaban J connectivity index is 2.60. The van der Waals surface area contributed by atoms with Gasteiger partial charge in [-0.25, -0.2) is 4.98 Å². The van der Waals surface area contributed by atoms with Crippen LogP contribution in [0.4, 0.5) is 5.82 Å². The number of carboxylic acids is 1. The third-order valence-corrected chi connectivity index (χ3v) is 1.54. The number of aliphatic carboxylic acids is 1. The van der Waals surface area contributed by atoms with Gasteiger partial charge in [0.05, 0.1) is 0 Å². The van der Waals surface area contributed by atoms with Crippen LogP contribution < -0.4 is 5.32 Å². The minimum absolute atomic E-state index is 0.240. The van der Waals surface area contributed by atoms with Crippen LogP contribution in [0.1, 0.15) is 6.42 Å². The molecule has 0 unspecified atom stereocenters. The lowest BCUT2D eigenvalue weighted by atomic mass is 10.4.